The molecule has 1 N–H and O–H groups in total. The summed E-state index contributed by atoms with van der Waals surface area (Å²) < 4.78 is 46.4. The van der Waals surface area contributed by atoms with Crippen LogP contribution in [0.2, 0.25) is 5.28 Å². The second-order valence-electron chi connectivity index (χ2n) is 8.11. The van der Waals surface area contributed by atoms with Crippen molar-refractivity contribution in [2.45, 2.75) is 38.4 Å². The molecule has 0 spiro atoms. The number of benzene rings is 1. The molecule has 174 valence electrons. The molecule has 4 rings (SSSR count). The van der Waals surface area contributed by atoms with E-state index in [0.29, 0.717) is 22.8 Å². The van der Waals surface area contributed by atoms with Crippen molar-refractivity contribution < 1.29 is 17.9 Å². The summed E-state index contributed by atoms with van der Waals surface area (Å²) >= 11 is 5.65. The molecule has 9 heteroatoms. The predicted octanol–water partition coefficient (Wildman–Crippen LogP) is 5.47. The number of aromatic nitrogens is 3. The molecule has 0 radical (unpaired) electrons. The zero-order chi connectivity index (χ0) is 23.3. The van der Waals surface area contributed by atoms with Gasteiger partial charge in [0.25, 0.3) is 0 Å². The monoisotopic (exact) mass is 476 g/mol. The van der Waals surface area contributed by atoms with Gasteiger partial charge in [0, 0.05) is 24.1 Å². The molecule has 1 aliphatic rings. The fourth-order valence-electron chi connectivity index (χ4n) is 4.02. The lowest BCUT2D eigenvalue weighted by molar-refractivity contribution is -0.140. The zero-order valence-corrected chi connectivity index (χ0v) is 18.7. The molecule has 0 aliphatic carbocycles. The van der Waals surface area contributed by atoms with E-state index >= 15 is 0 Å². The van der Waals surface area contributed by atoms with Crippen molar-refractivity contribution in [2.24, 2.45) is 5.92 Å². The summed E-state index contributed by atoms with van der Waals surface area (Å²) in [6.07, 6.45) is 2.78. The van der Waals surface area contributed by atoms with E-state index in [2.05, 4.69) is 27.1 Å². The van der Waals surface area contributed by atoms with Gasteiger partial charge in [0.1, 0.15) is 6.54 Å². The van der Waals surface area contributed by atoms with Crippen LogP contribution in [0.4, 0.5) is 18.9 Å². The highest BCUT2D eigenvalue weighted by atomic mass is 35.5. The van der Waals surface area contributed by atoms with E-state index in [1.54, 1.807) is 12.1 Å². The highest BCUT2D eigenvalue weighted by molar-refractivity contribution is 6.28. The van der Waals surface area contributed by atoms with E-state index in [1.807, 2.05) is 12.1 Å². The summed E-state index contributed by atoms with van der Waals surface area (Å²) in [6, 6.07) is 7.41. The second-order valence-corrected chi connectivity index (χ2v) is 8.45. The summed E-state index contributed by atoms with van der Waals surface area (Å²) in [5.74, 6) is 6.41. The van der Waals surface area contributed by atoms with Gasteiger partial charge in [0.2, 0.25) is 5.28 Å². The standard InChI is InChI=1S/C24H24ClF3N4O/c25-23-30-14-20(15-31-23)29-9-1-2-21-13-19-12-18(4-3-17-7-10-33-11-8-17)5-6-22(19)32(21)16-24(26,27)28/h5-6,12-15,17,29H,3-4,7-11,16H2. The topological polar surface area (TPSA) is 52.0 Å². The van der Waals surface area contributed by atoms with Gasteiger partial charge in [0.05, 0.1) is 30.3 Å². The zero-order valence-electron chi connectivity index (χ0n) is 18.0. The van der Waals surface area contributed by atoms with Gasteiger partial charge in [-0.25, -0.2) is 9.97 Å². The van der Waals surface area contributed by atoms with Crippen molar-refractivity contribution in [3.05, 3.63) is 53.2 Å². The Balaban J connectivity index is 1.51. The van der Waals surface area contributed by atoms with Gasteiger partial charge in [-0.2, -0.15) is 13.2 Å². The fraction of sp³-hybridized carbons (Fsp3) is 0.417. The average Bonchev–Trinajstić information content (AvgIpc) is 3.12. The van der Waals surface area contributed by atoms with Crippen molar-refractivity contribution >= 4 is 28.2 Å². The van der Waals surface area contributed by atoms with E-state index in [0.717, 1.165) is 49.8 Å². The Morgan fingerprint density at radius 3 is 2.64 bits per heavy atom. The minimum absolute atomic E-state index is 0.135. The molecular weight excluding hydrogens is 453 g/mol. The highest BCUT2D eigenvalue weighted by Gasteiger charge is 2.29. The quantitative estimate of drug-likeness (QED) is 0.378. The first-order chi connectivity index (χ1) is 15.9. The first kappa shape index (κ1) is 23.4. The molecule has 0 amide bonds. The van der Waals surface area contributed by atoms with Gasteiger partial charge in [-0.15, -0.1) is 0 Å². The number of rotatable bonds is 6. The van der Waals surface area contributed by atoms with Crippen LogP contribution in [-0.2, 0) is 17.7 Å². The lowest BCUT2D eigenvalue weighted by Gasteiger charge is -2.21. The van der Waals surface area contributed by atoms with Gasteiger partial charge in [-0.1, -0.05) is 12.0 Å². The molecule has 33 heavy (non-hydrogen) atoms. The van der Waals surface area contributed by atoms with E-state index in [-0.39, 0.29) is 11.8 Å². The Kier molecular flexibility index (Phi) is 7.41. The first-order valence-corrected chi connectivity index (χ1v) is 11.2. The molecule has 2 aromatic heterocycles. The van der Waals surface area contributed by atoms with E-state index < -0.39 is 12.7 Å². The van der Waals surface area contributed by atoms with Gasteiger partial charge in [0.15, 0.2) is 0 Å². The summed E-state index contributed by atoms with van der Waals surface area (Å²) in [5.41, 5.74) is 2.62. The van der Waals surface area contributed by atoms with Crippen LogP contribution in [0, 0.1) is 17.8 Å². The summed E-state index contributed by atoms with van der Waals surface area (Å²) in [7, 11) is 0. The molecular formula is C24H24ClF3N4O. The lowest BCUT2D eigenvalue weighted by Crippen LogP contribution is -2.18. The van der Waals surface area contributed by atoms with Crippen LogP contribution in [0.25, 0.3) is 10.9 Å². The van der Waals surface area contributed by atoms with Crippen molar-refractivity contribution in [1.29, 1.82) is 0 Å². The molecule has 1 fully saturated rings. The summed E-state index contributed by atoms with van der Waals surface area (Å²) in [4.78, 5) is 7.72. The Bertz CT molecular complexity index is 1140. The normalized spacial score (nSPS) is 14.8. The molecule has 1 aliphatic heterocycles. The maximum atomic E-state index is 13.3. The Morgan fingerprint density at radius 1 is 1.15 bits per heavy atom. The van der Waals surface area contributed by atoms with Crippen molar-refractivity contribution in [1.82, 2.24) is 14.5 Å². The van der Waals surface area contributed by atoms with Crippen LogP contribution in [0.1, 0.15) is 30.5 Å². The minimum Gasteiger partial charge on any atom is -0.381 e. The number of halogens is 4. The van der Waals surface area contributed by atoms with E-state index in [9.17, 15) is 13.2 Å². The molecule has 0 bridgehead atoms. The van der Waals surface area contributed by atoms with Crippen LogP contribution in [-0.4, -0.2) is 40.5 Å². The van der Waals surface area contributed by atoms with Crippen LogP contribution in [0.15, 0.2) is 36.7 Å². The lowest BCUT2D eigenvalue weighted by atomic mass is 9.92. The molecule has 3 aromatic rings. The smallest absolute Gasteiger partial charge is 0.381 e. The molecule has 0 saturated carbocycles. The number of ether oxygens (including phenoxy) is 1. The number of alkyl halides is 3. The van der Waals surface area contributed by atoms with Crippen molar-refractivity contribution in [3.8, 4) is 11.8 Å². The molecule has 5 nitrogen and oxygen atoms in total. The summed E-state index contributed by atoms with van der Waals surface area (Å²) in [6.45, 7) is 0.771. The maximum Gasteiger partial charge on any atom is 0.406 e. The maximum absolute atomic E-state index is 13.3. The van der Waals surface area contributed by atoms with E-state index in [4.69, 9.17) is 16.3 Å². The molecule has 3 heterocycles. The van der Waals surface area contributed by atoms with Crippen LogP contribution in [0.5, 0.6) is 0 Å². The number of aryl methyl sites for hydroxylation is 1. The number of nitrogens with one attached hydrogen (secondary N) is 1. The van der Waals surface area contributed by atoms with Crippen molar-refractivity contribution in [3.63, 3.8) is 0 Å². The summed E-state index contributed by atoms with van der Waals surface area (Å²) in [5, 5.41) is 3.91. The van der Waals surface area contributed by atoms with Crippen LogP contribution >= 0.6 is 11.6 Å². The van der Waals surface area contributed by atoms with Gasteiger partial charge >= 0.3 is 6.18 Å². The fourth-order valence-corrected chi connectivity index (χ4v) is 4.12. The number of anilines is 1. The van der Waals surface area contributed by atoms with E-state index in [1.165, 1.54) is 17.0 Å². The SMILES string of the molecule is FC(F)(F)Cn1c(C#CCNc2cnc(Cl)nc2)cc2cc(CCC3CCOCC3)ccc21. The third kappa shape index (κ3) is 6.62. The first-order valence-electron chi connectivity index (χ1n) is 10.8. The Hall–Kier alpha value is -2.76. The molecule has 1 saturated heterocycles. The predicted molar refractivity (Wildman–Crippen MR) is 122 cm³/mol. The third-order valence-electron chi connectivity index (χ3n) is 5.70. The Labute approximate surface area is 195 Å². The average molecular weight is 477 g/mol. The third-order valence-corrected chi connectivity index (χ3v) is 5.90. The number of hydrogen-bond donors (Lipinski definition) is 1. The van der Waals surface area contributed by atoms with Gasteiger partial charge < -0.3 is 14.6 Å². The van der Waals surface area contributed by atoms with Crippen LogP contribution in [0.3, 0.4) is 0 Å². The van der Waals surface area contributed by atoms with Crippen LogP contribution < -0.4 is 5.32 Å². The number of hydrogen-bond acceptors (Lipinski definition) is 4. The van der Waals surface area contributed by atoms with Gasteiger partial charge in [-0.05, 0) is 72.9 Å². The molecule has 1 aromatic carbocycles. The minimum atomic E-state index is -4.34. The van der Waals surface area contributed by atoms with Crippen molar-refractivity contribution in [2.75, 3.05) is 25.1 Å². The Morgan fingerprint density at radius 2 is 1.91 bits per heavy atom. The molecule has 0 unspecified atom stereocenters. The van der Waals surface area contributed by atoms with Gasteiger partial charge in [-0.3, -0.25) is 0 Å². The highest BCUT2D eigenvalue weighted by Crippen LogP contribution is 2.27. The number of fused-ring (bicyclic) bond motifs is 1. The number of nitrogens with zero attached hydrogens (tertiary/aromatic N) is 3. The molecule has 0 atom stereocenters. The second kappa shape index (κ2) is 10.4. The largest absolute Gasteiger partial charge is 0.406 e.